The number of rotatable bonds is 5. The quantitative estimate of drug-likeness (QED) is 0.665. The van der Waals surface area contributed by atoms with Crippen molar-refractivity contribution in [2.45, 2.75) is 0 Å². The number of halogens is 1. The molecule has 0 aliphatic heterocycles. The van der Waals surface area contributed by atoms with Crippen molar-refractivity contribution in [3.63, 3.8) is 0 Å². The molecule has 26 heavy (non-hydrogen) atoms. The molecular weight excluding hydrogens is 353 g/mol. The first-order valence-electron chi connectivity index (χ1n) is 7.66. The number of pyridine rings is 1. The van der Waals surface area contributed by atoms with E-state index in [0.717, 1.165) is 10.9 Å². The third-order valence-electron chi connectivity index (χ3n) is 3.33. The van der Waals surface area contributed by atoms with Gasteiger partial charge in [-0.2, -0.15) is 0 Å². The number of thiophene rings is 1. The number of amides is 2. The number of hydrogen-bond acceptors (Lipinski definition) is 4. The fourth-order valence-electron chi connectivity index (χ4n) is 2.13. The predicted molar refractivity (Wildman–Crippen MR) is 101 cm³/mol. The molecule has 3 rings (SSSR count). The first-order chi connectivity index (χ1) is 12.6. The van der Waals surface area contributed by atoms with E-state index in [0.29, 0.717) is 0 Å². The fourth-order valence-corrected chi connectivity index (χ4v) is 2.75. The molecule has 2 N–H and O–H groups in total. The van der Waals surface area contributed by atoms with Crippen molar-refractivity contribution < 1.29 is 14.0 Å². The molecule has 1 aromatic carbocycles. The van der Waals surface area contributed by atoms with Gasteiger partial charge in [-0.25, -0.2) is 4.39 Å². The third kappa shape index (κ3) is 4.61. The van der Waals surface area contributed by atoms with E-state index in [1.165, 1.54) is 35.7 Å². The van der Waals surface area contributed by atoms with E-state index >= 15 is 0 Å². The van der Waals surface area contributed by atoms with Gasteiger partial charge in [-0.3, -0.25) is 14.6 Å². The van der Waals surface area contributed by atoms with Gasteiger partial charge in [0.15, 0.2) is 0 Å². The van der Waals surface area contributed by atoms with Crippen molar-refractivity contribution in [3.05, 3.63) is 82.6 Å². The summed E-state index contributed by atoms with van der Waals surface area (Å²) < 4.78 is 13.6. The summed E-state index contributed by atoms with van der Waals surface area (Å²) in [6, 6.07) is 12.4. The second kappa shape index (κ2) is 8.17. The average Bonchev–Trinajstić information content (AvgIpc) is 3.16. The Bertz CT molecular complexity index is 941. The van der Waals surface area contributed by atoms with Crippen LogP contribution in [-0.2, 0) is 4.79 Å². The topological polar surface area (TPSA) is 71.1 Å². The number of aromatic nitrogens is 1. The highest BCUT2D eigenvalue weighted by atomic mass is 32.1. The summed E-state index contributed by atoms with van der Waals surface area (Å²) in [6.07, 6.45) is 4.50. The van der Waals surface area contributed by atoms with Gasteiger partial charge in [0, 0.05) is 17.2 Å². The fraction of sp³-hybridized carbons (Fsp3) is 0. The molecule has 2 amide bonds. The average molecular weight is 367 g/mol. The Morgan fingerprint density at radius 2 is 1.92 bits per heavy atom. The smallest absolute Gasteiger partial charge is 0.274 e. The normalized spacial score (nSPS) is 10.7. The van der Waals surface area contributed by atoms with Gasteiger partial charge < -0.3 is 10.6 Å². The molecule has 2 aromatic heterocycles. The lowest BCUT2D eigenvalue weighted by atomic mass is 10.2. The summed E-state index contributed by atoms with van der Waals surface area (Å²) in [5.41, 5.74) is 0.654. The number of anilines is 2. The monoisotopic (exact) mass is 367 g/mol. The minimum Gasteiger partial charge on any atom is -0.321 e. The second-order valence-electron chi connectivity index (χ2n) is 5.20. The van der Waals surface area contributed by atoms with Crippen molar-refractivity contribution in [1.82, 2.24) is 4.98 Å². The molecule has 0 unspecified atom stereocenters. The summed E-state index contributed by atoms with van der Waals surface area (Å²) in [6.45, 7) is 0. The van der Waals surface area contributed by atoms with Crippen LogP contribution >= 0.6 is 11.3 Å². The highest BCUT2D eigenvalue weighted by Crippen LogP contribution is 2.23. The molecule has 0 bridgehead atoms. The van der Waals surface area contributed by atoms with Crippen LogP contribution in [0.5, 0.6) is 0 Å². The number of carbonyl (C=O) groups is 2. The van der Waals surface area contributed by atoms with E-state index < -0.39 is 17.6 Å². The van der Waals surface area contributed by atoms with Crippen LogP contribution in [0.4, 0.5) is 15.8 Å². The van der Waals surface area contributed by atoms with Crippen molar-refractivity contribution in [2.24, 2.45) is 0 Å². The van der Waals surface area contributed by atoms with Gasteiger partial charge >= 0.3 is 0 Å². The van der Waals surface area contributed by atoms with Crippen molar-refractivity contribution in [2.75, 3.05) is 10.6 Å². The lowest BCUT2D eigenvalue weighted by Crippen LogP contribution is -2.16. The van der Waals surface area contributed by atoms with Gasteiger partial charge in [-0.15, -0.1) is 11.3 Å². The molecule has 0 saturated carbocycles. The summed E-state index contributed by atoms with van der Waals surface area (Å²) in [4.78, 5) is 29.2. The molecule has 7 heteroatoms. The number of nitrogens with one attached hydrogen (secondary N) is 2. The maximum atomic E-state index is 13.6. The molecule has 0 saturated heterocycles. The largest absolute Gasteiger partial charge is 0.321 e. The van der Waals surface area contributed by atoms with Crippen LogP contribution in [0.2, 0.25) is 0 Å². The van der Waals surface area contributed by atoms with Crippen LogP contribution in [0, 0.1) is 5.82 Å². The lowest BCUT2D eigenvalue weighted by Gasteiger charge is -2.11. The van der Waals surface area contributed by atoms with Crippen LogP contribution in [-0.4, -0.2) is 16.8 Å². The molecule has 2 heterocycles. The molecule has 0 aliphatic carbocycles. The van der Waals surface area contributed by atoms with Gasteiger partial charge in [-0.05, 0) is 47.9 Å². The van der Waals surface area contributed by atoms with Gasteiger partial charge in [0.2, 0.25) is 5.91 Å². The molecule has 130 valence electrons. The van der Waals surface area contributed by atoms with Crippen molar-refractivity contribution in [1.29, 1.82) is 0 Å². The molecule has 0 fully saturated rings. The van der Waals surface area contributed by atoms with E-state index in [9.17, 15) is 14.0 Å². The number of nitrogens with zero attached hydrogens (tertiary/aromatic N) is 1. The summed E-state index contributed by atoms with van der Waals surface area (Å²) >= 11 is 1.49. The van der Waals surface area contributed by atoms with E-state index in [1.54, 1.807) is 24.3 Å². The SMILES string of the molecule is O=C(C=Cc1cccs1)Nc1cc(F)ccc1NC(=O)c1ccccn1. The molecule has 0 atom stereocenters. The lowest BCUT2D eigenvalue weighted by molar-refractivity contribution is -0.111. The minimum absolute atomic E-state index is 0.162. The predicted octanol–water partition coefficient (Wildman–Crippen LogP) is 4.19. The Morgan fingerprint density at radius 3 is 2.65 bits per heavy atom. The Labute approximate surface area is 153 Å². The Hall–Kier alpha value is -3.32. The Morgan fingerprint density at radius 1 is 1.04 bits per heavy atom. The third-order valence-corrected chi connectivity index (χ3v) is 4.16. The van der Waals surface area contributed by atoms with E-state index in [4.69, 9.17) is 0 Å². The maximum absolute atomic E-state index is 13.6. The highest BCUT2D eigenvalue weighted by molar-refractivity contribution is 7.10. The van der Waals surface area contributed by atoms with Crippen LogP contribution in [0.1, 0.15) is 15.4 Å². The zero-order chi connectivity index (χ0) is 18.4. The zero-order valence-electron chi connectivity index (χ0n) is 13.5. The minimum atomic E-state index is -0.529. The van der Waals surface area contributed by atoms with Gasteiger partial charge in [0.05, 0.1) is 11.4 Å². The summed E-state index contributed by atoms with van der Waals surface area (Å²) in [7, 11) is 0. The highest BCUT2D eigenvalue weighted by Gasteiger charge is 2.12. The number of carbonyl (C=O) groups excluding carboxylic acids is 2. The first-order valence-corrected chi connectivity index (χ1v) is 8.54. The van der Waals surface area contributed by atoms with Crippen LogP contribution in [0.3, 0.4) is 0 Å². The van der Waals surface area contributed by atoms with Crippen molar-refractivity contribution in [3.8, 4) is 0 Å². The van der Waals surface area contributed by atoms with Crippen LogP contribution in [0.25, 0.3) is 6.08 Å². The molecule has 0 aliphatic rings. The van der Waals surface area contributed by atoms with E-state index in [1.807, 2.05) is 17.5 Å². The van der Waals surface area contributed by atoms with E-state index in [2.05, 4.69) is 15.6 Å². The zero-order valence-corrected chi connectivity index (χ0v) is 14.3. The van der Waals surface area contributed by atoms with Crippen LogP contribution < -0.4 is 10.6 Å². The van der Waals surface area contributed by atoms with Gasteiger partial charge in [-0.1, -0.05) is 12.1 Å². The summed E-state index contributed by atoms with van der Waals surface area (Å²) in [5, 5.41) is 7.10. The van der Waals surface area contributed by atoms with E-state index in [-0.39, 0.29) is 17.1 Å². The molecule has 0 spiro atoms. The second-order valence-corrected chi connectivity index (χ2v) is 6.18. The maximum Gasteiger partial charge on any atom is 0.274 e. The van der Waals surface area contributed by atoms with Gasteiger partial charge in [0.1, 0.15) is 11.5 Å². The summed E-state index contributed by atoms with van der Waals surface area (Å²) in [5.74, 6) is -1.42. The van der Waals surface area contributed by atoms with Crippen LogP contribution in [0.15, 0.2) is 66.2 Å². The Balaban J connectivity index is 1.75. The first kappa shape index (κ1) is 17.5. The molecule has 3 aromatic rings. The Kier molecular flexibility index (Phi) is 5.50. The molecule has 0 radical (unpaired) electrons. The molecular formula is C19H14FN3O2S. The molecule has 5 nitrogen and oxygen atoms in total. The number of hydrogen-bond donors (Lipinski definition) is 2. The van der Waals surface area contributed by atoms with Gasteiger partial charge in [0.25, 0.3) is 5.91 Å². The van der Waals surface area contributed by atoms with Crippen molar-refractivity contribution >= 4 is 40.6 Å². The standard InChI is InChI=1S/C19H14FN3O2S/c20-13-6-8-15(23-19(25)16-5-1-2-10-21-16)17(12-13)22-18(24)9-7-14-4-3-11-26-14/h1-12H,(H,22,24)(H,23,25). The number of benzene rings is 1.